The number of primary amides is 2. The van der Waals surface area contributed by atoms with Gasteiger partial charge in [-0.3, -0.25) is 9.59 Å². The molecule has 6 nitrogen and oxygen atoms in total. The Morgan fingerprint density at radius 2 is 1.25 bits per heavy atom. The number of nitrogens with two attached hydrogens (primary N) is 2. The Bertz CT molecular complexity index is 162. The van der Waals surface area contributed by atoms with Crippen molar-refractivity contribution in [3.63, 3.8) is 0 Å². The fraction of sp³-hybridized carbons (Fsp3) is 0.667. The quantitative estimate of drug-likeness (QED) is 0.504. The van der Waals surface area contributed by atoms with Crippen LogP contribution in [0.15, 0.2) is 0 Å². The van der Waals surface area contributed by atoms with Gasteiger partial charge < -0.3 is 20.9 Å². The van der Waals surface area contributed by atoms with Crippen LogP contribution in [0.4, 0.5) is 0 Å². The zero-order chi connectivity index (χ0) is 9.72. The van der Waals surface area contributed by atoms with E-state index in [4.69, 9.17) is 11.5 Å². The highest BCUT2D eigenvalue weighted by Crippen LogP contribution is 2.00. The van der Waals surface area contributed by atoms with Crippen molar-refractivity contribution >= 4 is 11.8 Å². The Balaban J connectivity index is 4.44. The van der Waals surface area contributed by atoms with E-state index in [0.29, 0.717) is 0 Å². The van der Waals surface area contributed by atoms with E-state index in [9.17, 15) is 9.59 Å². The van der Waals surface area contributed by atoms with Crippen molar-refractivity contribution in [1.82, 2.24) is 0 Å². The van der Waals surface area contributed by atoms with Crippen molar-refractivity contribution < 1.29 is 19.1 Å². The second kappa shape index (κ2) is 4.68. The predicted octanol–water partition coefficient (Wildman–Crippen LogP) is -2.01. The summed E-state index contributed by atoms with van der Waals surface area (Å²) in [5, 5.41) is 0. The standard InChI is InChI=1S/C6H12N2O4/c1-11-3(5(7)9)4(12-2)6(8)10/h3-4H,1-2H3,(H2,7,9)(H2,8,10). The second-order valence-electron chi connectivity index (χ2n) is 2.12. The number of carbonyl (C=O) groups excluding carboxylic acids is 2. The molecule has 2 unspecified atom stereocenters. The van der Waals surface area contributed by atoms with Gasteiger partial charge in [0.05, 0.1) is 0 Å². The minimum atomic E-state index is -1.13. The van der Waals surface area contributed by atoms with Gasteiger partial charge in [0.1, 0.15) is 0 Å². The first-order valence-electron chi connectivity index (χ1n) is 3.18. The van der Waals surface area contributed by atoms with Gasteiger partial charge in [0.15, 0.2) is 12.2 Å². The molecule has 70 valence electrons. The summed E-state index contributed by atoms with van der Waals surface area (Å²) in [6.45, 7) is 0. The Kier molecular flexibility index (Phi) is 4.24. The molecule has 0 rings (SSSR count). The molecule has 6 heteroatoms. The topological polar surface area (TPSA) is 105 Å². The number of ether oxygens (including phenoxy) is 2. The molecule has 0 aliphatic heterocycles. The largest absolute Gasteiger partial charge is 0.368 e. The number of methoxy groups -OCH3 is 2. The van der Waals surface area contributed by atoms with Crippen LogP contribution in [-0.4, -0.2) is 38.2 Å². The molecule has 0 saturated heterocycles. The maximum absolute atomic E-state index is 10.6. The molecular weight excluding hydrogens is 164 g/mol. The highest BCUT2D eigenvalue weighted by molar-refractivity contribution is 5.89. The van der Waals surface area contributed by atoms with E-state index in [1.54, 1.807) is 0 Å². The van der Waals surface area contributed by atoms with Gasteiger partial charge in [-0.2, -0.15) is 0 Å². The summed E-state index contributed by atoms with van der Waals surface area (Å²) < 4.78 is 9.25. The lowest BCUT2D eigenvalue weighted by molar-refractivity contribution is -0.147. The number of hydrogen-bond donors (Lipinski definition) is 2. The molecule has 0 aromatic heterocycles. The van der Waals surface area contributed by atoms with Gasteiger partial charge in [0.25, 0.3) is 0 Å². The van der Waals surface area contributed by atoms with Gasteiger partial charge in [-0.05, 0) is 0 Å². The minimum absolute atomic E-state index is 0.789. The third-order valence-electron chi connectivity index (χ3n) is 1.34. The summed E-state index contributed by atoms with van der Waals surface area (Å²) in [4.78, 5) is 21.3. The van der Waals surface area contributed by atoms with E-state index >= 15 is 0 Å². The maximum atomic E-state index is 10.6. The second-order valence-corrected chi connectivity index (χ2v) is 2.12. The molecule has 0 bridgehead atoms. The fourth-order valence-electron chi connectivity index (χ4n) is 0.778. The first kappa shape index (κ1) is 10.9. The molecule has 0 aromatic carbocycles. The van der Waals surface area contributed by atoms with Gasteiger partial charge in [-0.1, -0.05) is 0 Å². The van der Waals surface area contributed by atoms with Crippen LogP contribution in [0.5, 0.6) is 0 Å². The molecule has 0 aromatic rings. The van der Waals surface area contributed by atoms with E-state index in [-0.39, 0.29) is 0 Å². The SMILES string of the molecule is COC(C(N)=O)C(OC)C(N)=O. The third kappa shape index (κ3) is 2.48. The van der Waals surface area contributed by atoms with Crippen molar-refractivity contribution in [2.24, 2.45) is 11.5 Å². The first-order valence-corrected chi connectivity index (χ1v) is 3.18. The molecule has 0 spiro atoms. The van der Waals surface area contributed by atoms with Crippen LogP contribution in [0.1, 0.15) is 0 Å². The van der Waals surface area contributed by atoms with Gasteiger partial charge >= 0.3 is 0 Å². The molecule has 0 heterocycles. The van der Waals surface area contributed by atoms with E-state index in [1.807, 2.05) is 0 Å². The molecule has 0 radical (unpaired) electrons. The summed E-state index contributed by atoms with van der Waals surface area (Å²) in [5.41, 5.74) is 9.82. The Hall–Kier alpha value is -1.14. The van der Waals surface area contributed by atoms with E-state index in [1.165, 1.54) is 14.2 Å². The lowest BCUT2D eigenvalue weighted by Gasteiger charge is -2.18. The van der Waals surface area contributed by atoms with E-state index < -0.39 is 24.0 Å². The van der Waals surface area contributed by atoms with Gasteiger partial charge in [0, 0.05) is 14.2 Å². The van der Waals surface area contributed by atoms with Gasteiger partial charge in [0.2, 0.25) is 11.8 Å². The van der Waals surface area contributed by atoms with Crippen molar-refractivity contribution in [2.45, 2.75) is 12.2 Å². The molecule has 2 amide bonds. The summed E-state index contributed by atoms with van der Waals surface area (Å²) in [7, 11) is 2.48. The van der Waals surface area contributed by atoms with Crippen LogP contribution in [-0.2, 0) is 19.1 Å². The highest BCUT2D eigenvalue weighted by atomic mass is 16.5. The summed E-state index contributed by atoms with van der Waals surface area (Å²) in [6.07, 6.45) is -2.26. The lowest BCUT2D eigenvalue weighted by atomic mass is 10.2. The lowest BCUT2D eigenvalue weighted by Crippen LogP contribution is -2.48. The smallest absolute Gasteiger partial charge is 0.249 e. The van der Waals surface area contributed by atoms with Crippen LogP contribution in [0.3, 0.4) is 0 Å². The summed E-state index contributed by atoms with van der Waals surface area (Å²) in [6, 6.07) is 0. The molecule has 4 N–H and O–H groups in total. The van der Waals surface area contributed by atoms with Crippen LogP contribution < -0.4 is 11.5 Å². The molecule has 0 aliphatic carbocycles. The van der Waals surface area contributed by atoms with E-state index in [0.717, 1.165) is 0 Å². The van der Waals surface area contributed by atoms with Gasteiger partial charge in [-0.25, -0.2) is 0 Å². The average molecular weight is 176 g/mol. The number of rotatable bonds is 5. The van der Waals surface area contributed by atoms with Crippen molar-refractivity contribution in [2.75, 3.05) is 14.2 Å². The molecule has 12 heavy (non-hydrogen) atoms. The zero-order valence-corrected chi connectivity index (χ0v) is 6.94. The highest BCUT2D eigenvalue weighted by Gasteiger charge is 2.30. The monoisotopic (exact) mass is 176 g/mol. The molecule has 2 atom stereocenters. The summed E-state index contributed by atoms with van der Waals surface area (Å²) >= 11 is 0. The van der Waals surface area contributed by atoms with Gasteiger partial charge in [-0.15, -0.1) is 0 Å². The van der Waals surface area contributed by atoms with Crippen LogP contribution in [0.2, 0.25) is 0 Å². The first-order chi connectivity index (χ1) is 5.54. The van der Waals surface area contributed by atoms with Crippen molar-refractivity contribution in [3.8, 4) is 0 Å². The molecule has 0 saturated carbocycles. The maximum Gasteiger partial charge on any atom is 0.249 e. The number of hydrogen-bond acceptors (Lipinski definition) is 4. The number of carbonyl (C=O) groups is 2. The summed E-state index contributed by atoms with van der Waals surface area (Å²) in [5.74, 6) is -1.58. The Labute approximate surface area is 69.8 Å². The third-order valence-corrected chi connectivity index (χ3v) is 1.34. The van der Waals surface area contributed by atoms with Crippen LogP contribution in [0.25, 0.3) is 0 Å². The minimum Gasteiger partial charge on any atom is -0.368 e. The Morgan fingerprint density at radius 1 is 1.00 bits per heavy atom. The van der Waals surface area contributed by atoms with Crippen LogP contribution >= 0.6 is 0 Å². The molecule has 0 fully saturated rings. The number of amides is 2. The van der Waals surface area contributed by atoms with Crippen LogP contribution in [0, 0.1) is 0 Å². The van der Waals surface area contributed by atoms with Crippen molar-refractivity contribution in [1.29, 1.82) is 0 Å². The normalized spacial score (nSPS) is 15.2. The zero-order valence-electron chi connectivity index (χ0n) is 6.94. The van der Waals surface area contributed by atoms with E-state index in [2.05, 4.69) is 9.47 Å². The molecular formula is C6H12N2O4. The fourth-order valence-corrected chi connectivity index (χ4v) is 0.778. The average Bonchev–Trinajstić information content (AvgIpc) is 1.98. The van der Waals surface area contributed by atoms with Crippen molar-refractivity contribution in [3.05, 3.63) is 0 Å². The Morgan fingerprint density at radius 3 is 1.33 bits per heavy atom. The predicted molar refractivity (Wildman–Crippen MR) is 40.0 cm³/mol. The molecule has 0 aliphatic rings.